The lowest BCUT2D eigenvalue weighted by Crippen LogP contribution is -2.39. The average molecular weight is 373 g/mol. The van der Waals surface area contributed by atoms with Crippen LogP contribution < -0.4 is 16.0 Å². The number of ether oxygens (including phenoxy) is 1. The highest BCUT2D eigenvalue weighted by atomic mass is 19.1. The summed E-state index contributed by atoms with van der Waals surface area (Å²) in [6.07, 6.45) is 0.151. The number of carbonyl (C=O) groups excluding carboxylic acids is 2. The Balaban J connectivity index is 1.91. The van der Waals surface area contributed by atoms with E-state index in [9.17, 15) is 14.0 Å². The Labute approximate surface area is 158 Å². The van der Waals surface area contributed by atoms with Gasteiger partial charge >= 0.3 is 0 Å². The molecule has 0 heterocycles. The van der Waals surface area contributed by atoms with Crippen LogP contribution in [0.2, 0.25) is 0 Å². The molecule has 0 saturated heterocycles. The number of anilines is 2. The van der Waals surface area contributed by atoms with Gasteiger partial charge in [0.1, 0.15) is 5.82 Å². The van der Waals surface area contributed by atoms with Gasteiger partial charge in [0.05, 0.1) is 25.3 Å². The fourth-order valence-electron chi connectivity index (χ4n) is 2.51. The topological polar surface area (TPSA) is 79.5 Å². The number of hydrogen-bond donors (Lipinski definition) is 3. The van der Waals surface area contributed by atoms with E-state index in [0.29, 0.717) is 12.3 Å². The van der Waals surface area contributed by atoms with E-state index in [2.05, 4.69) is 16.0 Å². The first-order valence-corrected chi connectivity index (χ1v) is 8.63. The van der Waals surface area contributed by atoms with Crippen molar-refractivity contribution in [3.8, 4) is 0 Å². The van der Waals surface area contributed by atoms with E-state index < -0.39 is 5.82 Å². The van der Waals surface area contributed by atoms with Gasteiger partial charge in [-0.3, -0.25) is 9.59 Å². The van der Waals surface area contributed by atoms with E-state index in [4.69, 9.17) is 4.74 Å². The number of carbonyl (C=O) groups is 2. The van der Waals surface area contributed by atoms with Crippen molar-refractivity contribution in [2.45, 2.75) is 19.4 Å². The van der Waals surface area contributed by atoms with Crippen LogP contribution in [0.15, 0.2) is 48.5 Å². The molecule has 144 valence electrons. The second-order valence-electron chi connectivity index (χ2n) is 6.18. The molecule has 1 atom stereocenters. The van der Waals surface area contributed by atoms with Crippen molar-refractivity contribution in [3.05, 3.63) is 59.9 Å². The lowest BCUT2D eigenvalue weighted by molar-refractivity contribution is -0.120. The molecule has 0 aliphatic carbocycles. The third-order valence-electron chi connectivity index (χ3n) is 3.73. The minimum Gasteiger partial charge on any atom is -0.383 e. The smallest absolute Gasteiger partial charge is 0.239 e. The summed E-state index contributed by atoms with van der Waals surface area (Å²) in [5, 5.41) is 8.24. The van der Waals surface area contributed by atoms with Gasteiger partial charge in [-0.15, -0.1) is 0 Å². The molecule has 0 bridgehead atoms. The number of halogens is 1. The summed E-state index contributed by atoms with van der Waals surface area (Å²) in [4.78, 5) is 24.0. The zero-order chi connectivity index (χ0) is 19.6. The summed E-state index contributed by atoms with van der Waals surface area (Å²) >= 11 is 0. The van der Waals surface area contributed by atoms with Crippen molar-refractivity contribution < 1.29 is 18.7 Å². The van der Waals surface area contributed by atoms with Gasteiger partial charge in [-0.1, -0.05) is 30.3 Å². The van der Waals surface area contributed by atoms with Crippen LogP contribution in [0.25, 0.3) is 0 Å². The molecule has 3 N–H and O–H groups in total. The standard InChI is InChI=1S/C20H24FN3O3/c1-14(13-27-2)23-20(26)12-22-16-8-9-17(21)18(11-16)24-19(25)10-15-6-4-3-5-7-15/h3-9,11,14,22H,10,12-13H2,1-2H3,(H,23,26)(H,24,25). The van der Waals surface area contributed by atoms with Crippen LogP contribution >= 0.6 is 0 Å². The lowest BCUT2D eigenvalue weighted by Gasteiger charge is -2.14. The molecule has 1 unspecified atom stereocenters. The molecule has 0 aromatic heterocycles. The summed E-state index contributed by atoms with van der Waals surface area (Å²) < 4.78 is 18.9. The van der Waals surface area contributed by atoms with Crippen molar-refractivity contribution in [1.29, 1.82) is 0 Å². The monoisotopic (exact) mass is 373 g/mol. The third kappa shape index (κ3) is 7.07. The molecule has 2 rings (SSSR count). The maximum atomic E-state index is 14.0. The molecule has 0 aliphatic heterocycles. The number of hydrogen-bond acceptors (Lipinski definition) is 4. The molecule has 7 heteroatoms. The molecule has 2 aromatic carbocycles. The van der Waals surface area contributed by atoms with Crippen LogP contribution in [-0.4, -0.2) is 38.1 Å². The SMILES string of the molecule is COCC(C)NC(=O)CNc1ccc(F)c(NC(=O)Cc2ccccc2)c1. The zero-order valence-electron chi connectivity index (χ0n) is 15.4. The fraction of sp³-hybridized carbons (Fsp3) is 0.300. The van der Waals surface area contributed by atoms with E-state index in [0.717, 1.165) is 5.56 Å². The Morgan fingerprint density at radius 1 is 1.11 bits per heavy atom. The molecular weight excluding hydrogens is 349 g/mol. The van der Waals surface area contributed by atoms with Gasteiger partial charge in [-0.2, -0.15) is 0 Å². The number of rotatable bonds is 9. The third-order valence-corrected chi connectivity index (χ3v) is 3.73. The maximum Gasteiger partial charge on any atom is 0.239 e. The molecule has 2 amide bonds. The molecule has 0 spiro atoms. The summed E-state index contributed by atoms with van der Waals surface area (Å²) in [6, 6.07) is 13.3. The number of nitrogens with one attached hydrogen (secondary N) is 3. The normalized spacial score (nSPS) is 11.5. The first-order chi connectivity index (χ1) is 13.0. The predicted molar refractivity (Wildman–Crippen MR) is 103 cm³/mol. The minimum absolute atomic E-state index is 0.0249. The largest absolute Gasteiger partial charge is 0.383 e. The van der Waals surface area contributed by atoms with Crippen molar-refractivity contribution >= 4 is 23.2 Å². The van der Waals surface area contributed by atoms with Gasteiger partial charge in [-0.05, 0) is 30.7 Å². The molecule has 0 saturated carbocycles. The molecule has 0 aliphatic rings. The van der Waals surface area contributed by atoms with Crippen LogP contribution in [-0.2, 0) is 20.7 Å². The number of methoxy groups -OCH3 is 1. The first kappa shape index (κ1) is 20.4. The van der Waals surface area contributed by atoms with Crippen LogP contribution in [0.5, 0.6) is 0 Å². The lowest BCUT2D eigenvalue weighted by atomic mass is 10.1. The van der Waals surface area contributed by atoms with E-state index in [1.54, 1.807) is 7.11 Å². The van der Waals surface area contributed by atoms with Gasteiger partial charge in [0.15, 0.2) is 0 Å². The average Bonchev–Trinajstić information content (AvgIpc) is 2.63. The van der Waals surface area contributed by atoms with Gasteiger partial charge in [-0.25, -0.2) is 4.39 Å². The molecular formula is C20H24FN3O3. The van der Waals surface area contributed by atoms with E-state index in [-0.39, 0.29) is 36.5 Å². The number of benzene rings is 2. The predicted octanol–water partition coefficient (Wildman–Crippen LogP) is 2.57. The van der Waals surface area contributed by atoms with E-state index in [1.807, 2.05) is 37.3 Å². The Kier molecular flexibility index (Phi) is 7.76. The highest BCUT2D eigenvalue weighted by molar-refractivity contribution is 5.93. The summed E-state index contributed by atoms with van der Waals surface area (Å²) in [6.45, 7) is 2.27. The van der Waals surface area contributed by atoms with Crippen LogP contribution in [0.1, 0.15) is 12.5 Å². The highest BCUT2D eigenvalue weighted by Crippen LogP contribution is 2.20. The maximum absolute atomic E-state index is 14.0. The summed E-state index contributed by atoms with van der Waals surface area (Å²) in [5.74, 6) is -1.07. The molecule has 0 fully saturated rings. The van der Waals surface area contributed by atoms with Crippen LogP contribution in [0.4, 0.5) is 15.8 Å². The second kappa shape index (κ2) is 10.3. The highest BCUT2D eigenvalue weighted by Gasteiger charge is 2.10. The molecule has 27 heavy (non-hydrogen) atoms. The summed E-state index contributed by atoms with van der Waals surface area (Å²) in [7, 11) is 1.56. The van der Waals surface area contributed by atoms with Crippen molar-refractivity contribution in [1.82, 2.24) is 5.32 Å². The molecule has 2 aromatic rings. The van der Waals surface area contributed by atoms with E-state index in [1.165, 1.54) is 18.2 Å². The van der Waals surface area contributed by atoms with Crippen molar-refractivity contribution in [2.75, 3.05) is 30.9 Å². The Morgan fingerprint density at radius 2 is 1.85 bits per heavy atom. The minimum atomic E-state index is -0.542. The summed E-state index contributed by atoms with van der Waals surface area (Å²) in [5.41, 5.74) is 1.43. The fourth-order valence-corrected chi connectivity index (χ4v) is 2.51. The van der Waals surface area contributed by atoms with Crippen molar-refractivity contribution in [3.63, 3.8) is 0 Å². The van der Waals surface area contributed by atoms with Crippen LogP contribution in [0, 0.1) is 5.82 Å². The molecule has 6 nitrogen and oxygen atoms in total. The Bertz CT molecular complexity index is 768. The zero-order valence-corrected chi connectivity index (χ0v) is 15.4. The van der Waals surface area contributed by atoms with Crippen molar-refractivity contribution in [2.24, 2.45) is 0 Å². The van der Waals surface area contributed by atoms with E-state index >= 15 is 0 Å². The molecule has 0 radical (unpaired) electrons. The van der Waals surface area contributed by atoms with Gasteiger partial charge in [0.2, 0.25) is 11.8 Å². The Morgan fingerprint density at radius 3 is 2.56 bits per heavy atom. The quantitative estimate of drug-likeness (QED) is 0.631. The Hall–Kier alpha value is -2.93. The van der Waals surface area contributed by atoms with Gasteiger partial charge < -0.3 is 20.7 Å². The van der Waals surface area contributed by atoms with Crippen LogP contribution in [0.3, 0.4) is 0 Å². The first-order valence-electron chi connectivity index (χ1n) is 8.63. The second-order valence-corrected chi connectivity index (χ2v) is 6.18. The number of amides is 2. The van der Waals surface area contributed by atoms with Gasteiger partial charge in [0, 0.05) is 18.8 Å². The van der Waals surface area contributed by atoms with Gasteiger partial charge in [0.25, 0.3) is 0 Å².